The summed E-state index contributed by atoms with van der Waals surface area (Å²) in [7, 11) is 3.11. The number of pyridine rings is 1. The number of aromatic hydroxyl groups is 1. The fourth-order valence-corrected chi connectivity index (χ4v) is 2.26. The summed E-state index contributed by atoms with van der Waals surface area (Å²) in [5, 5.41) is 12.9. The van der Waals surface area contributed by atoms with E-state index in [1.807, 2.05) is 0 Å². The SMILES string of the molecule is COCCOc1ncccc1C(=O)N[C@H](C)c1cc(OC)ccc1O. The number of rotatable bonds is 8. The molecule has 2 aromatic rings. The van der Waals surface area contributed by atoms with Crippen molar-refractivity contribution in [2.75, 3.05) is 27.4 Å². The average Bonchev–Trinajstić information content (AvgIpc) is 2.62. The van der Waals surface area contributed by atoms with Crippen molar-refractivity contribution in [2.24, 2.45) is 0 Å². The summed E-state index contributed by atoms with van der Waals surface area (Å²) >= 11 is 0. The number of methoxy groups -OCH3 is 2. The highest BCUT2D eigenvalue weighted by atomic mass is 16.5. The van der Waals surface area contributed by atoms with E-state index >= 15 is 0 Å². The Morgan fingerprint density at radius 1 is 1.28 bits per heavy atom. The Morgan fingerprint density at radius 3 is 2.80 bits per heavy atom. The van der Waals surface area contributed by atoms with E-state index in [0.29, 0.717) is 30.1 Å². The van der Waals surface area contributed by atoms with Crippen LogP contribution >= 0.6 is 0 Å². The largest absolute Gasteiger partial charge is 0.508 e. The summed E-state index contributed by atoms with van der Waals surface area (Å²) < 4.78 is 15.6. The number of ether oxygens (including phenoxy) is 3. The third kappa shape index (κ3) is 4.84. The maximum Gasteiger partial charge on any atom is 0.257 e. The number of benzene rings is 1. The van der Waals surface area contributed by atoms with Crippen LogP contribution in [0.25, 0.3) is 0 Å². The maximum absolute atomic E-state index is 12.6. The van der Waals surface area contributed by atoms with E-state index in [2.05, 4.69) is 10.3 Å². The molecule has 0 saturated heterocycles. The number of phenolic OH excluding ortho intramolecular Hbond substituents is 1. The molecule has 1 atom stereocenters. The number of aromatic nitrogens is 1. The Hall–Kier alpha value is -2.80. The van der Waals surface area contributed by atoms with Crippen LogP contribution in [0.2, 0.25) is 0 Å². The van der Waals surface area contributed by atoms with Crippen molar-refractivity contribution in [3.8, 4) is 17.4 Å². The van der Waals surface area contributed by atoms with E-state index in [0.717, 1.165) is 0 Å². The number of hydrogen-bond donors (Lipinski definition) is 2. The molecule has 0 aliphatic heterocycles. The van der Waals surface area contributed by atoms with Gasteiger partial charge in [-0.3, -0.25) is 4.79 Å². The molecule has 0 fully saturated rings. The van der Waals surface area contributed by atoms with E-state index in [-0.39, 0.29) is 17.5 Å². The average molecular weight is 346 g/mol. The lowest BCUT2D eigenvalue weighted by Crippen LogP contribution is -2.27. The molecule has 134 valence electrons. The van der Waals surface area contributed by atoms with Gasteiger partial charge in [-0.1, -0.05) is 0 Å². The number of hydrogen-bond acceptors (Lipinski definition) is 6. The molecule has 7 heteroatoms. The second-order valence-electron chi connectivity index (χ2n) is 5.32. The van der Waals surface area contributed by atoms with Crippen molar-refractivity contribution in [1.82, 2.24) is 10.3 Å². The number of nitrogens with one attached hydrogen (secondary N) is 1. The maximum atomic E-state index is 12.6. The highest BCUT2D eigenvalue weighted by molar-refractivity contribution is 5.96. The Morgan fingerprint density at radius 2 is 2.08 bits per heavy atom. The van der Waals surface area contributed by atoms with Crippen molar-refractivity contribution >= 4 is 5.91 Å². The number of nitrogens with zero attached hydrogens (tertiary/aromatic N) is 1. The summed E-state index contributed by atoms with van der Waals surface area (Å²) in [5.74, 6) is 0.560. The molecule has 0 aliphatic carbocycles. The van der Waals surface area contributed by atoms with Gasteiger partial charge in [0.05, 0.1) is 19.8 Å². The topological polar surface area (TPSA) is 89.9 Å². The van der Waals surface area contributed by atoms with E-state index < -0.39 is 6.04 Å². The number of carbonyl (C=O) groups excluding carboxylic acids is 1. The molecule has 0 saturated carbocycles. The highest BCUT2D eigenvalue weighted by Gasteiger charge is 2.18. The predicted octanol–water partition coefficient (Wildman–Crippen LogP) is 2.31. The molecular formula is C18H22N2O5. The molecule has 0 aliphatic rings. The number of amides is 1. The molecule has 25 heavy (non-hydrogen) atoms. The van der Waals surface area contributed by atoms with Crippen LogP contribution in [0.4, 0.5) is 0 Å². The first-order chi connectivity index (χ1) is 12.1. The lowest BCUT2D eigenvalue weighted by molar-refractivity contribution is 0.0930. The second kappa shape index (κ2) is 8.89. The predicted molar refractivity (Wildman–Crippen MR) is 92.1 cm³/mol. The second-order valence-corrected chi connectivity index (χ2v) is 5.32. The first-order valence-corrected chi connectivity index (χ1v) is 7.81. The molecule has 0 unspecified atom stereocenters. The smallest absolute Gasteiger partial charge is 0.257 e. The van der Waals surface area contributed by atoms with E-state index in [1.54, 1.807) is 51.6 Å². The molecule has 1 heterocycles. The minimum absolute atomic E-state index is 0.0800. The first kappa shape index (κ1) is 18.5. The van der Waals surface area contributed by atoms with Gasteiger partial charge in [-0.05, 0) is 37.3 Å². The third-order valence-corrected chi connectivity index (χ3v) is 3.59. The van der Waals surface area contributed by atoms with E-state index in [9.17, 15) is 9.90 Å². The van der Waals surface area contributed by atoms with Crippen molar-refractivity contribution in [1.29, 1.82) is 0 Å². The molecule has 0 bridgehead atoms. The molecular weight excluding hydrogens is 324 g/mol. The Kier molecular flexibility index (Phi) is 6.59. The van der Waals surface area contributed by atoms with Gasteiger partial charge in [0, 0.05) is 18.9 Å². The lowest BCUT2D eigenvalue weighted by Gasteiger charge is -2.17. The standard InChI is InChI=1S/C18H22N2O5/c1-12(15-11-13(24-3)6-7-16(15)21)20-17(22)14-5-4-8-19-18(14)25-10-9-23-2/h4-8,11-12,21H,9-10H2,1-3H3,(H,20,22)/t12-/m1/s1. The van der Waals surface area contributed by atoms with Crippen LogP contribution in [0, 0.1) is 0 Å². The third-order valence-electron chi connectivity index (χ3n) is 3.59. The Bertz CT molecular complexity index is 720. The van der Waals surface area contributed by atoms with Crippen molar-refractivity contribution in [3.63, 3.8) is 0 Å². The molecule has 0 spiro atoms. The molecule has 1 aromatic carbocycles. The Labute approximate surface area is 146 Å². The monoisotopic (exact) mass is 346 g/mol. The van der Waals surface area contributed by atoms with Crippen LogP contribution in [-0.4, -0.2) is 43.4 Å². The van der Waals surface area contributed by atoms with E-state index in [4.69, 9.17) is 14.2 Å². The molecule has 1 aromatic heterocycles. The quantitative estimate of drug-likeness (QED) is 0.713. The zero-order valence-electron chi connectivity index (χ0n) is 14.5. The lowest BCUT2D eigenvalue weighted by atomic mass is 10.1. The van der Waals surface area contributed by atoms with Gasteiger partial charge in [0.1, 0.15) is 23.7 Å². The fourth-order valence-electron chi connectivity index (χ4n) is 2.26. The van der Waals surface area contributed by atoms with Crippen molar-refractivity contribution < 1.29 is 24.1 Å². The van der Waals surface area contributed by atoms with Crippen LogP contribution in [-0.2, 0) is 4.74 Å². The molecule has 0 radical (unpaired) electrons. The highest BCUT2D eigenvalue weighted by Crippen LogP contribution is 2.28. The summed E-state index contributed by atoms with van der Waals surface area (Å²) in [6.45, 7) is 2.46. The van der Waals surface area contributed by atoms with Crippen molar-refractivity contribution in [3.05, 3.63) is 47.7 Å². The summed E-state index contributed by atoms with van der Waals surface area (Å²) in [5.41, 5.74) is 0.867. The fraction of sp³-hybridized carbons (Fsp3) is 0.333. The Balaban J connectivity index is 2.14. The van der Waals surface area contributed by atoms with Crippen LogP contribution < -0.4 is 14.8 Å². The van der Waals surface area contributed by atoms with Gasteiger partial charge < -0.3 is 24.6 Å². The van der Waals surface area contributed by atoms with Gasteiger partial charge in [-0.15, -0.1) is 0 Å². The van der Waals surface area contributed by atoms with Gasteiger partial charge in [0.2, 0.25) is 5.88 Å². The molecule has 7 nitrogen and oxygen atoms in total. The van der Waals surface area contributed by atoms with Gasteiger partial charge in [0.15, 0.2) is 0 Å². The van der Waals surface area contributed by atoms with Crippen LogP contribution in [0.15, 0.2) is 36.5 Å². The van der Waals surface area contributed by atoms with Gasteiger partial charge >= 0.3 is 0 Å². The minimum atomic E-state index is -0.436. The van der Waals surface area contributed by atoms with Crippen LogP contribution in [0.1, 0.15) is 28.9 Å². The number of phenols is 1. The minimum Gasteiger partial charge on any atom is -0.508 e. The molecule has 1 amide bonds. The van der Waals surface area contributed by atoms with Crippen LogP contribution in [0.5, 0.6) is 17.4 Å². The zero-order chi connectivity index (χ0) is 18.2. The normalized spacial score (nSPS) is 11.6. The molecule has 2 rings (SSSR count). The molecule has 2 N–H and O–H groups in total. The summed E-state index contributed by atoms with van der Waals surface area (Å²) in [6, 6.07) is 7.71. The van der Waals surface area contributed by atoms with Gasteiger partial charge in [-0.2, -0.15) is 0 Å². The first-order valence-electron chi connectivity index (χ1n) is 7.81. The zero-order valence-corrected chi connectivity index (χ0v) is 14.5. The number of carbonyl (C=O) groups is 1. The van der Waals surface area contributed by atoms with E-state index in [1.165, 1.54) is 6.07 Å². The van der Waals surface area contributed by atoms with Crippen LogP contribution in [0.3, 0.4) is 0 Å². The van der Waals surface area contributed by atoms with Crippen molar-refractivity contribution in [2.45, 2.75) is 13.0 Å². The van der Waals surface area contributed by atoms with Gasteiger partial charge in [0.25, 0.3) is 5.91 Å². The summed E-state index contributed by atoms with van der Waals surface area (Å²) in [6.07, 6.45) is 1.55. The summed E-state index contributed by atoms with van der Waals surface area (Å²) in [4.78, 5) is 16.7. The van der Waals surface area contributed by atoms with Gasteiger partial charge in [-0.25, -0.2) is 4.98 Å².